The van der Waals surface area contributed by atoms with Crippen molar-refractivity contribution >= 4 is 17.7 Å². The van der Waals surface area contributed by atoms with E-state index >= 15 is 0 Å². The van der Waals surface area contributed by atoms with Crippen LogP contribution in [0.1, 0.15) is 64.1 Å². The van der Waals surface area contributed by atoms with E-state index in [4.69, 9.17) is 0 Å². The number of aryl methyl sites for hydroxylation is 1. The summed E-state index contributed by atoms with van der Waals surface area (Å²) in [5.74, 6) is -0.622. The first-order valence-electron chi connectivity index (χ1n) is 9.32. The van der Waals surface area contributed by atoms with Crippen LogP contribution in [0.4, 0.5) is 0 Å². The summed E-state index contributed by atoms with van der Waals surface area (Å²) in [6.45, 7) is 4.31. The Morgan fingerprint density at radius 1 is 1.00 bits per heavy atom. The van der Waals surface area contributed by atoms with E-state index in [1.807, 2.05) is 38.1 Å². The Morgan fingerprint density at radius 2 is 1.59 bits per heavy atom. The Balaban J connectivity index is 1.52. The molecule has 2 aromatic carbocycles. The lowest BCUT2D eigenvalue weighted by Crippen LogP contribution is -2.32. The molecule has 140 valence electrons. The second-order valence-electron chi connectivity index (χ2n) is 6.85. The molecule has 0 fully saturated rings. The van der Waals surface area contributed by atoms with Gasteiger partial charge in [-0.15, -0.1) is 0 Å². The van der Waals surface area contributed by atoms with Crippen molar-refractivity contribution in [3.8, 4) is 0 Å². The molecule has 1 aliphatic rings. The predicted octanol–water partition coefficient (Wildman–Crippen LogP) is 3.64. The van der Waals surface area contributed by atoms with Gasteiger partial charge in [-0.1, -0.05) is 48.9 Å². The van der Waals surface area contributed by atoms with Gasteiger partial charge in [-0.3, -0.25) is 19.3 Å². The van der Waals surface area contributed by atoms with Gasteiger partial charge < -0.3 is 5.32 Å². The third-order valence-corrected chi connectivity index (χ3v) is 4.89. The summed E-state index contributed by atoms with van der Waals surface area (Å²) < 4.78 is 0. The number of nitrogens with zero attached hydrogens (tertiary/aromatic N) is 1. The van der Waals surface area contributed by atoms with Crippen molar-refractivity contribution < 1.29 is 14.4 Å². The molecule has 27 heavy (non-hydrogen) atoms. The summed E-state index contributed by atoms with van der Waals surface area (Å²) >= 11 is 0. The minimum Gasteiger partial charge on any atom is -0.349 e. The quantitative estimate of drug-likeness (QED) is 0.763. The van der Waals surface area contributed by atoms with Gasteiger partial charge in [-0.2, -0.15) is 0 Å². The van der Waals surface area contributed by atoms with E-state index < -0.39 is 0 Å². The normalized spacial score (nSPS) is 14.2. The summed E-state index contributed by atoms with van der Waals surface area (Å²) in [5.41, 5.74) is 3.15. The van der Waals surface area contributed by atoms with Gasteiger partial charge in [0, 0.05) is 13.0 Å². The molecule has 0 saturated heterocycles. The molecule has 2 aromatic rings. The highest BCUT2D eigenvalue weighted by Gasteiger charge is 2.34. The minimum atomic E-state index is -0.276. The van der Waals surface area contributed by atoms with Gasteiger partial charge in [-0.25, -0.2) is 0 Å². The maximum absolute atomic E-state index is 12.3. The Kier molecular flexibility index (Phi) is 5.69. The number of benzene rings is 2. The van der Waals surface area contributed by atoms with Crippen LogP contribution in [0.2, 0.25) is 0 Å². The van der Waals surface area contributed by atoms with Crippen LogP contribution < -0.4 is 5.32 Å². The van der Waals surface area contributed by atoms with Crippen molar-refractivity contribution in [2.24, 2.45) is 0 Å². The summed E-state index contributed by atoms with van der Waals surface area (Å²) in [6, 6.07) is 14.9. The van der Waals surface area contributed by atoms with Crippen molar-refractivity contribution in [3.05, 3.63) is 70.8 Å². The molecule has 1 N–H and O–H groups in total. The maximum atomic E-state index is 12.3. The van der Waals surface area contributed by atoms with Crippen LogP contribution in [-0.4, -0.2) is 29.2 Å². The van der Waals surface area contributed by atoms with Crippen LogP contribution in [0.25, 0.3) is 0 Å². The van der Waals surface area contributed by atoms with E-state index in [-0.39, 0.29) is 36.7 Å². The van der Waals surface area contributed by atoms with Crippen molar-refractivity contribution in [3.63, 3.8) is 0 Å². The van der Waals surface area contributed by atoms with Gasteiger partial charge in [0.15, 0.2) is 0 Å². The number of nitrogens with one attached hydrogen (secondary N) is 1. The largest absolute Gasteiger partial charge is 0.349 e. The Hall–Kier alpha value is -2.95. The SMILES string of the molecule is CCC(NC(=O)CCCN1C(=O)c2ccccc2C1=O)c1ccc(C)cc1. The number of imide groups is 1. The van der Waals surface area contributed by atoms with Gasteiger partial charge in [0.2, 0.25) is 5.91 Å². The molecule has 5 heteroatoms. The van der Waals surface area contributed by atoms with E-state index in [0.29, 0.717) is 17.5 Å². The van der Waals surface area contributed by atoms with Gasteiger partial charge in [0.1, 0.15) is 0 Å². The lowest BCUT2D eigenvalue weighted by Gasteiger charge is -2.18. The molecule has 1 unspecified atom stereocenters. The Bertz CT molecular complexity index is 823. The van der Waals surface area contributed by atoms with E-state index in [2.05, 4.69) is 5.32 Å². The fraction of sp³-hybridized carbons (Fsp3) is 0.318. The minimum absolute atomic E-state index is 0.0302. The first-order valence-corrected chi connectivity index (χ1v) is 9.32. The second kappa shape index (κ2) is 8.16. The third-order valence-electron chi connectivity index (χ3n) is 4.89. The number of carbonyl (C=O) groups is 3. The highest BCUT2D eigenvalue weighted by Crippen LogP contribution is 2.23. The second-order valence-corrected chi connectivity index (χ2v) is 6.85. The summed E-state index contributed by atoms with van der Waals surface area (Å²) in [6.07, 6.45) is 1.52. The lowest BCUT2D eigenvalue weighted by atomic mass is 10.0. The zero-order valence-corrected chi connectivity index (χ0v) is 15.7. The third kappa shape index (κ3) is 4.08. The highest BCUT2D eigenvalue weighted by molar-refractivity contribution is 6.21. The smallest absolute Gasteiger partial charge is 0.261 e. The number of carbonyl (C=O) groups excluding carboxylic acids is 3. The summed E-state index contributed by atoms with van der Waals surface area (Å²) in [4.78, 5) is 38.2. The van der Waals surface area contributed by atoms with Crippen LogP contribution in [-0.2, 0) is 4.79 Å². The van der Waals surface area contributed by atoms with Crippen LogP contribution in [0.5, 0.6) is 0 Å². The van der Waals surface area contributed by atoms with Crippen LogP contribution in [0.3, 0.4) is 0 Å². The lowest BCUT2D eigenvalue weighted by molar-refractivity contribution is -0.122. The number of amides is 3. The molecule has 5 nitrogen and oxygen atoms in total. The average molecular weight is 364 g/mol. The van der Waals surface area contributed by atoms with Crippen LogP contribution >= 0.6 is 0 Å². The van der Waals surface area contributed by atoms with E-state index in [0.717, 1.165) is 12.0 Å². The van der Waals surface area contributed by atoms with Crippen LogP contribution in [0.15, 0.2) is 48.5 Å². The summed E-state index contributed by atoms with van der Waals surface area (Å²) in [7, 11) is 0. The summed E-state index contributed by atoms with van der Waals surface area (Å²) in [5, 5.41) is 3.04. The standard InChI is InChI=1S/C22H24N2O3/c1-3-19(16-12-10-15(2)11-13-16)23-20(25)9-6-14-24-21(26)17-7-4-5-8-18(17)22(24)27/h4-5,7-8,10-13,19H,3,6,9,14H2,1-2H3,(H,23,25). The zero-order chi connectivity index (χ0) is 19.4. The molecule has 0 bridgehead atoms. The van der Waals surface area contributed by atoms with E-state index in [1.165, 1.54) is 10.5 Å². The fourth-order valence-electron chi connectivity index (χ4n) is 3.33. The van der Waals surface area contributed by atoms with Gasteiger partial charge in [-0.05, 0) is 37.5 Å². The molecule has 1 heterocycles. The fourth-order valence-corrected chi connectivity index (χ4v) is 3.33. The first kappa shape index (κ1) is 18.8. The molecule has 1 atom stereocenters. The maximum Gasteiger partial charge on any atom is 0.261 e. The average Bonchev–Trinajstić information content (AvgIpc) is 2.92. The van der Waals surface area contributed by atoms with Crippen molar-refractivity contribution in [2.45, 2.75) is 39.2 Å². The van der Waals surface area contributed by atoms with Gasteiger partial charge in [0.05, 0.1) is 17.2 Å². The Morgan fingerprint density at radius 3 is 2.15 bits per heavy atom. The number of fused-ring (bicyclic) bond motifs is 1. The topological polar surface area (TPSA) is 66.5 Å². The van der Waals surface area contributed by atoms with E-state index in [1.54, 1.807) is 24.3 Å². The molecule has 0 aliphatic carbocycles. The van der Waals surface area contributed by atoms with Gasteiger partial charge >= 0.3 is 0 Å². The zero-order valence-electron chi connectivity index (χ0n) is 15.7. The van der Waals surface area contributed by atoms with Crippen molar-refractivity contribution in [1.29, 1.82) is 0 Å². The number of rotatable bonds is 7. The molecule has 3 rings (SSSR count). The van der Waals surface area contributed by atoms with Crippen molar-refractivity contribution in [2.75, 3.05) is 6.54 Å². The highest BCUT2D eigenvalue weighted by atomic mass is 16.2. The molecule has 1 aliphatic heterocycles. The first-order chi connectivity index (χ1) is 13.0. The molecule has 0 radical (unpaired) electrons. The molecule has 0 aromatic heterocycles. The molecule has 0 spiro atoms. The predicted molar refractivity (Wildman–Crippen MR) is 103 cm³/mol. The van der Waals surface area contributed by atoms with Gasteiger partial charge in [0.25, 0.3) is 11.8 Å². The van der Waals surface area contributed by atoms with E-state index in [9.17, 15) is 14.4 Å². The molecule has 3 amide bonds. The molecule has 0 saturated carbocycles. The number of hydrogen-bond donors (Lipinski definition) is 1. The number of hydrogen-bond acceptors (Lipinski definition) is 3. The monoisotopic (exact) mass is 364 g/mol. The van der Waals surface area contributed by atoms with Crippen molar-refractivity contribution in [1.82, 2.24) is 10.2 Å². The van der Waals surface area contributed by atoms with Crippen LogP contribution in [0, 0.1) is 6.92 Å². The Labute approximate surface area is 159 Å². The molecular formula is C22H24N2O3. The molecular weight excluding hydrogens is 340 g/mol.